The highest BCUT2D eigenvalue weighted by Crippen LogP contribution is 2.33. The van der Waals surface area contributed by atoms with Gasteiger partial charge in [0, 0.05) is 10.6 Å². The molecule has 0 bridgehead atoms. The zero-order valence-electron chi connectivity index (χ0n) is 6.26. The van der Waals surface area contributed by atoms with E-state index in [0.29, 0.717) is 15.8 Å². The summed E-state index contributed by atoms with van der Waals surface area (Å²) >= 11 is 13.2. The van der Waals surface area contributed by atoms with Gasteiger partial charge in [-0.1, -0.05) is 29.3 Å². The number of benzene rings is 1. The van der Waals surface area contributed by atoms with E-state index < -0.39 is 0 Å². The lowest BCUT2D eigenvalue weighted by atomic mass is 10.4. The van der Waals surface area contributed by atoms with E-state index in [1.54, 1.807) is 18.2 Å². The average molecular weight is 223 g/mol. The summed E-state index contributed by atoms with van der Waals surface area (Å²) in [5, 5.41) is 9.88. The Hall–Kier alpha value is 0.110. The van der Waals surface area contributed by atoms with Gasteiger partial charge in [-0.25, -0.2) is 0 Å². The van der Waals surface area contributed by atoms with Gasteiger partial charge in [-0.3, -0.25) is 0 Å². The van der Waals surface area contributed by atoms with Crippen molar-refractivity contribution in [1.29, 1.82) is 0 Å². The first-order chi connectivity index (χ1) is 5.75. The largest absolute Gasteiger partial charge is 0.396 e. The molecule has 1 nitrogen and oxygen atoms in total. The van der Waals surface area contributed by atoms with Gasteiger partial charge in [-0.2, -0.15) is 0 Å². The van der Waals surface area contributed by atoms with Gasteiger partial charge in [0.25, 0.3) is 0 Å². The number of hydrogen-bond donors (Lipinski definition) is 1. The number of aliphatic hydroxyl groups is 1. The summed E-state index contributed by atoms with van der Waals surface area (Å²) in [7, 11) is 0. The summed E-state index contributed by atoms with van der Waals surface area (Å²) in [6, 6.07) is 5.37. The van der Waals surface area contributed by atoms with Crippen LogP contribution in [-0.4, -0.2) is 17.5 Å². The summed E-state index contributed by atoms with van der Waals surface area (Å²) in [6.45, 7) is 0.131. The number of rotatable bonds is 3. The van der Waals surface area contributed by atoms with Gasteiger partial charge in [0.1, 0.15) is 0 Å². The van der Waals surface area contributed by atoms with E-state index in [-0.39, 0.29) is 6.61 Å². The minimum atomic E-state index is 0.131. The standard InChI is InChI=1S/C8H8Cl2OS/c9-6-2-1-3-7(10)8(6)12-5-4-11/h1-3,11H,4-5H2. The topological polar surface area (TPSA) is 20.2 Å². The van der Waals surface area contributed by atoms with E-state index >= 15 is 0 Å². The highest BCUT2D eigenvalue weighted by Gasteiger charge is 2.04. The second-order valence-electron chi connectivity index (χ2n) is 2.12. The highest BCUT2D eigenvalue weighted by molar-refractivity contribution is 7.99. The fraction of sp³-hybridized carbons (Fsp3) is 0.250. The Morgan fingerprint density at radius 2 is 1.83 bits per heavy atom. The van der Waals surface area contributed by atoms with E-state index in [1.807, 2.05) is 0 Å². The second kappa shape index (κ2) is 4.97. The first-order valence-electron chi connectivity index (χ1n) is 3.43. The third-order valence-corrected chi connectivity index (χ3v) is 3.23. The minimum absolute atomic E-state index is 0.131. The molecule has 66 valence electrons. The molecule has 4 heteroatoms. The van der Waals surface area contributed by atoms with Gasteiger partial charge in [0.15, 0.2) is 0 Å². The van der Waals surface area contributed by atoms with Crippen molar-refractivity contribution in [2.24, 2.45) is 0 Å². The van der Waals surface area contributed by atoms with Crippen molar-refractivity contribution >= 4 is 35.0 Å². The van der Waals surface area contributed by atoms with Crippen LogP contribution in [0.25, 0.3) is 0 Å². The van der Waals surface area contributed by atoms with Gasteiger partial charge in [0.05, 0.1) is 16.7 Å². The molecular weight excluding hydrogens is 215 g/mol. The van der Waals surface area contributed by atoms with Gasteiger partial charge in [-0.15, -0.1) is 11.8 Å². The molecule has 0 aromatic heterocycles. The fourth-order valence-corrected chi connectivity index (χ4v) is 2.20. The summed E-state index contributed by atoms with van der Waals surface area (Å²) < 4.78 is 0. The average Bonchev–Trinajstić information content (AvgIpc) is 2.04. The zero-order valence-corrected chi connectivity index (χ0v) is 8.59. The van der Waals surface area contributed by atoms with Crippen molar-refractivity contribution in [2.45, 2.75) is 4.90 Å². The Morgan fingerprint density at radius 1 is 1.25 bits per heavy atom. The quantitative estimate of drug-likeness (QED) is 0.794. The Labute approximate surface area is 85.7 Å². The molecule has 1 rings (SSSR count). The Balaban J connectivity index is 2.81. The molecule has 0 saturated heterocycles. The SMILES string of the molecule is OCCSc1c(Cl)cccc1Cl. The lowest BCUT2D eigenvalue weighted by molar-refractivity contribution is 0.322. The summed E-state index contributed by atoms with van der Waals surface area (Å²) in [5.74, 6) is 0.615. The molecule has 1 N–H and O–H groups in total. The van der Waals surface area contributed by atoms with E-state index in [2.05, 4.69) is 0 Å². The smallest absolute Gasteiger partial charge is 0.0556 e. The maximum absolute atomic E-state index is 8.60. The summed E-state index contributed by atoms with van der Waals surface area (Å²) in [6.07, 6.45) is 0. The number of thioether (sulfide) groups is 1. The molecular formula is C8H8Cl2OS. The molecule has 0 fully saturated rings. The van der Waals surface area contributed by atoms with Crippen LogP contribution in [0, 0.1) is 0 Å². The van der Waals surface area contributed by atoms with Crippen LogP contribution in [0.4, 0.5) is 0 Å². The van der Waals surface area contributed by atoms with Crippen LogP contribution in [0.5, 0.6) is 0 Å². The Morgan fingerprint density at radius 3 is 2.33 bits per heavy atom. The molecule has 0 saturated carbocycles. The third-order valence-electron chi connectivity index (χ3n) is 1.26. The summed E-state index contributed by atoms with van der Waals surface area (Å²) in [4.78, 5) is 0.842. The molecule has 0 atom stereocenters. The maximum atomic E-state index is 8.60. The van der Waals surface area contributed by atoms with Gasteiger partial charge in [0.2, 0.25) is 0 Å². The van der Waals surface area contributed by atoms with Crippen LogP contribution in [0.2, 0.25) is 10.0 Å². The molecule has 0 amide bonds. The van der Waals surface area contributed by atoms with Gasteiger partial charge >= 0.3 is 0 Å². The lowest BCUT2D eigenvalue weighted by Crippen LogP contribution is -1.86. The first kappa shape index (κ1) is 10.2. The molecule has 0 spiro atoms. The number of aliphatic hydroxyl groups excluding tert-OH is 1. The number of hydrogen-bond acceptors (Lipinski definition) is 2. The van der Waals surface area contributed by atoms with Crippen molar-refractivity contribution < 1.29 is 5.11 Å². The molecule has 0 unspecified atom stereocenters. The monoisotopic (exact) mass is 222 g/mol. The molecule has 0 aliphatic rings. The van der Waals surface area contributed by atoms with Gasteiger partial charge < -0.3 is 5.11 Å². The van der Waals surface area contributed by atoms with Crippen LogP contribution in [0.15, 0.2) is 23.1 Å². The predicted octanol–water partition coefficient (Wildman–Crippen LogP) is 3.08. The van der Waals surface area contributed by atoms with Crippen LogP contribution in [0.3, 0.4) is 0 Å². The van der Waals surface area contributed by atoms with Crippen LogP contribution in [0.1, 0.15) is 0 Å². The predicted molar refractivity (Wildman–Crippen MR) is 54.3 cm³/mol. The molecule has 1 aromatic rings. The molecule has 0 aliphatic heterocycles. The normalized spacial score (nSPS) is 10.2. The Kier molecular flexibility index (Phi) is 4.22. The van der Waals surface area contributed by atoms with Gasteiger partial charge in [-0.05, 0) is 12.1 Å². The van der Waals surface area contributed by atoms with Crippen molar-refractivity contribution in [2.75, 3.05) is 12.4 Å². The lowest BCUT2D eigenvalue weighted by Gasteiger charge is -2.03. The van der Waals surface area contributed by atoms with E-state index in [1.165, 1.54) is 11.8 Å². The van der Waals surface area contributed by atoms with E-state index in [9.17, 15) is 0 Å². The minimum Gasteiger partial charge on any atom is -0.396 e. The van der Waals surface area contributed by atoms with E-state index in [4.69, 9.17) is 28.3 Å². The molecule has 1 aromatic carbocycles. The van der Waals surface area contributed by atoms with Crippen molar-refractivity contribution in [3.8, 4) is 0 Å². The second-order valence-corrected chi connectivity index (χ2v) is 4.04. The molecule has 12 heavy (non-hydrogen) atoms. The molecule has 0 aliphatic carbocycles. The van der Waals surface area contributed by atoms with Crippen LogP contribution >= 0.6 is 35.0 Å². The van der Waals surface area contributed by atoms with Crippen LogP contribution < -0.4 is 0 Å². The highest BCUT2D eigenvalue weighted by atomic mass is 35.5. The van der Waals surface area contributed by atoms with Crippen molar-refractivity contribution in [3.05, 3.63) is 28.2 Å². The maximum Gasteiger partial charge on any atom is 0.0556 e. The first-order valence-corrected chi connectivity index (χ1v) is 5.17. The third kappa shape index (κ3) is 2.56. The van der Waals surface area contributed by atoms with Crippen molar-refractivity contribution in [3.63, 3.8) is 0 Å². The Bertz CT molecular complexity index is 245. The number of halogens is 2. The summed E-state index contributed by atoms with van der Waals surface area (Å²) in [5.41, 5.74) is 0. The van der Waals surface area contributed by atoms with Crippen LogP contribution in [-0.2, 0) is 0 Å². The molecule has 0 heterocycles. The fourth-order valence-electron chi connectivity index (χ4n) is 0.768. The zero-order chi connectivity index (χ0) is 8.97. The molecule has 0 radical (unpaired) electrons. The van der Waals surface area contributed by atoms with E-state index in [0.717, 1.165) is 4.90 Å². The van der Waals surface area contributed by atoms with Crippen molar-refractivity contribution in [1.82, 2.24) is 0 Å².